The normalized spacial score (nSPS) is 15.6. The Bertz CT molecular complexity index is 1390. The van der Waals surface area contributed by atoms with E-state index in [1.807, 2.05) is 42.1 Å². The van der Waals surface area contributed by atoms with Gasteiger partial charge in [0.25, 0.3) is 0 Å². The van der Waals surface area contributed by atoms with Crippen molar-refractivity contribution >= 4 is 39.8 Å². The molecule has 35 heavy (non-hydrogen) atoms. The summed E-state index contributed by atoms with van der Waals surface area (Å²) < 4.78 is 1.82. The van der Waals surface area contributed by atoms with Crippen molar-refractivity contribution in [2.24, 2.45) is 7.05 Å². The van der Waals surface area contributed by atoms with Crippen LogP contribution in [-0.4, -0.2) is 47.0 Å². The highest BCUT2D eigenvalue weighted by Crippen LogP contribution is 2.32. The number of nitrogens with zero attached hydrogens (tertiary/aromatic N) is 5. The fourth-order valence-electron chi connectivity index (χ4n) is 4.99. The standard InChI is InChI=1S/C27H29N7O/c1-32-25-11-8-21(16-20(25)18-29-32)30-27(35)34-15-5-12-28-24-10-9-23(31-26(24)34)19-6-4-7-22(17-19)33-13-2-3-14-33/h4,6-11,16-18,28H,2-3,5,12-15H2,1H3,(H,30,35). The molecule has 0 aliphatic carbocycles. The highest BCUT2D eigenvalue weighted by Gasteiger charge is 2.24. The molecular weight excluding hydrogens is 438 g/mol. The summed E-state index contributed by atoms with van der Waals surface area (Å²) in [5.41, 5.74) is 5.79. The lowest BCUT2D eigenvalue weighted by atomic mass is 10.1. The second-order valence-electron chi connectivity index (χ2n) is 9.22. The number of hydrogen-bond donors (Lipinski definition) is 2. The van der Waals surface area contributed by atoms with Gasteiger partial charge in [-0.3, -0.25) is 9.58 Å². The maximum absolute atomic E-state index is 13.4. The van der Waals surface area contributed by atoms with E-state index in [4.69, 9.17) is 4.98 Å². The van der Waals surface area contributed by atoms with Crippen molar-refractivity contribution in [1.29, 1.82) is 0 Å². The van der Waals surface area contributed by atoms with E-state index in [0.29, 0.717) is 12.4 Å². The Hall–Kier alpha value is -4.07. The molecule has 4 aromatic rings. The molecule has 2 N–H and O–H groups in total. The van der Waals surface area contributed by atoms with Crippen LogP contribution in [-0.2, 0) is 7.05 Å². The number of pyridine rings is 1. The fraction of sp³-hybridized carbons (Fsp3) is 0.296. The Labute approximate surface area is 204 Å². The maximum atomic E-state index is 13.4. The molecule has 2 aromatic heterocycles. The van der Waals surface area contributed by atoms with Gasteiger partial charge in [-0.2, -0.15) is 5.10 Å². The Kier molecular flexibility index (Phi) is 5.48. The van der Waals surface area contributed by atoms with Crippen molar-refractivity contribution in [1.82, 2.24) is 14.8 Å². The van der Waals surface area contributed by atoms with Crippen LogP contribution in [0.5, 0.6) is 0 Å². The van der Waals surface area contributed by atoms with Gasteiger partial charge >= 0.3 is 6.03 Å². The second kappa shape index (κ2) is 8.94. The Morgan fingerprint density at radius 3 is 2.77 bits per heavy atom. The molecule has 1 fully saturated rings. The lowest BCUT2D eigenvalue weighted by Gasteiger charge is -2.23. The molecule has 2 amide bonds. The highest BCUT2D eigenvalue weighted by molar-refractivity contribution is 6.04. The fourth-order valence-corrected chi connectivity index (χ4v) is 4.99. The zero-order valence-electron chi connectivity index (χ0n) is 19.9. The summed E-state index contributed by atoms with van der Waals surface area (Å²) in [5.74, 6) is 0.659. The zero-order chi connectivity index (χ0) is 23.8. The van der Waals surface area contributed by atoms with Crippen molar-refractivity contribution in [2.45, 2.75) is 19.3 Å². The van der Waals surface area contributed by atoms with Crippen LogP contribution in [0.3, 0.4) is 0 Å². The minimum absolute atomic E-state index is 0.186. The number of amides is 2. The SMILES string of the molecule is Cn1ncc2cc(NC(=O)N3CCCNc4ccc(-c5cccc(N6CCCC6)c5)nc43)ccc21. The molecule has 0 unspecified atom stereocenters. The van der Waals surface area contributed by atoms with E-state index in [0.717, 1.165) is 59.6 Å². The van der Waals surface area contributed by atoms with Gasteiger partial charge in [-0.25, -0.2) is 9.78 Å². The van der Waals surface area contributed by atoms with Gasteiger partial charge < -0.3 is 15.5 Å². The van der Waals surface area contributed by atoms with E-state index in [1.165, 1.54) is 18.5 Å². The van der Waals surface area contributed by atoms with Crippen LogP contribution < -0.4 is 20.4 Å². The quantitative estimate of drug-likeness (QED) is 0.439. The summed E-state index contributed by atoms with van der Waals surface area (Å²) in [6.07, 6.45) is 5.13. The minimum Gasteiger partial charge on any atom is -0.382 e. The number of anilines is 4. The number of carbonyl (C=O) groups excluding carboxylic acids is 1. The molecular formula is C27H29N7O. The third-order valence-corrected chi connectivity index (χ3v) is 6.86. The molecule has 2 aliphatic rings. The third kappa shape index (κ3) is 4.16. The predicted molar refractivity (Wildman–Crippen MR) is 141 cm³/mol. The monoisotopic (exact) mass is 467 g/mol. The Morgan fingerprint density at radius 2 is 1.89 bits per heavy atom. The van der Waals surface area contributed by atoms with Gasteiger partial charge in [-0.1, -0.05) is 12.1 Å². The number of aryl methyl sites for hydroxylation is 1. The Morgan fingerprint density at radius 1 is 1.00 bits per heavy atom. The number of carbonyl (C=O) groups is 1. The van der Waals surface area contributed by atoms with E-state index in [9.17, 15) is 4.79 Å². The number of fused-ring (bicyclic) bond motifs is 2. The number of hydrogen-bond acceptors (Lipinski definition) is 5. The van der Waals surface area contributed by atoms with Gasteiger partial charge in [-0.05, 0) is 61.7 Å². The summed E-state index contributed by atoms with van der Waals surface area (Å²) in [6.45, 7) is 3.59. The van der Waals surface area contributed by atoms with Gasteiger partial charge in [0, 0.05) is 55.6 Å². The van der Waals surface area contributed by atoms with Gasteiger partial charge in [-0.15, -0.1) is 0 Å². The van der Waals surface area contributed by atoms with Gasteiger partial charge in [0.2, 0.25) is 0 Å². The van der Waals surface area contributed by atoms with E-state index < -0.39 is 0 Å². The van der Waals surface area contributed by atoms with Crippen molar-refractivity contribution in [2.75, 3.05) is 46.6 Å². The average Bonchev–Trinajstić information content (AvgIpc) is 3.49. The third-order valence-electron chi connectivity index (χ3n) is 6.86. The molecule has 8 nitrogen and oxygen atoms in total. The van der Waals surface area contributed by atoms with Gasteiger partial charge in [0.15, 0.2) is 5.82 Å². The molecule has 0 saturated carbocycles. The summed E-state index contributed by atoms with van der Waals surface area (Å²) in [5, 5.41) is 11.8. The first-order chi connectivity index (χ1) is 17.2. The summed E-state index contributed by atoms with van der Waals surface area (Å²) in [6, 6.07) is 18.3. The van der Waals surface area contributed by atoms with Crippen molar-refractivity contribution < 1.29 is 4.79 Å². The molecule has 0 bridgehead atoms. The molecule has 1 saturated heterocycles. The minimum atomic E-state index is -0.186. The number of rotatable bonds is 3. The lowest BCUT2D eigenvalue weighted by Crippen LogP contribution is -2.36. The summed E-state index contributed by atoms with van der Waals surface area (Å²) in [4.78, 5) is 22.6. The van der Waals surface area contributed by atoms with Crippen LogP contribution in [0.4, 0.5) is 27.7 Å². The summed E-state index contributed by atoms with van der Waals surface area (Å²) >= 11 is 0. The first-order valence-corrected chi connectivity index (χ1v) is 12.3. The van der Waals surface area contributed by atoms with E-state index >= 15 is 0 Å². The average molecular weight is 468 g/mol. The predicted octanol–water partition coefficient (Wildman–Crippen LogP) is 5.09. The smallest absolute Gasteiger partial charge is 0.327 e. The first kappa shape index (κ1) is 21.5. The van der Waals surface area contributed by atoms with E-state index in [-0.39, 0.29) is 6.03 Å². The first-order valence-electron chi connectivity index (χ1n) is 12.3. The molecule has 4 heterocycles. The summed E-state index contributed by atoms with van der Waals surface area (Å²) in [7, 11) is 1.91. The second-order valence-corrected chi connectivity index (χ2v) is 9.22. The lowest BCUT2D eigenvalue weighted by molar-refractivity contribution is 0.257. The highest BCUT2D eigenvalue weighted by atomic mass is 16.2. The zero-order valence-corrected chi connectivity index (χ0v) is 19.9. The molecule has 0 atom stereocenters. The van der Waals surface area contributed by atoms with Crippen molar-refractivity contribution in [3.63, 3.8) is 0 Å². The van der Waals surface area contributed by atoms with Crippen molar-refractivity contribution in [3.05, 3.63) is 60.8 Å². The van der Waals surface area contributed by atoms with E-state index in [1.54, 1.807) is 11.1 Å². The van der Waals surface area contributed by atoms with Crippen LogP contribution >= 0.6 is 0 Å². The van der Waals surface area contributed by atoms with Crippen LogP contribution in [0.25, 0.3) is 22.2 Å². The van der Waals surface area contributed by atoms with E-state index in [2.05, 4.69) is 44.9 Å². The molecule has 2 aliphatic heterocycles. The van der Waals surface area contributed by atoms with Crippen LogP contribution in [0.15, 0.2) is 60.8 Å². The molecule has 0 radical (unpaired) electrons. The number of aromatic nitrogens is 3. The molecule has 6 rings (SSSR count). The Balaban J connectivity index is 1.30. The largest absolute Gasteiger partial charge is 0.382 e. The van der Waals surface area contributed by atoms with Crippen LogP contribution in [0.2, 0.25) is 0 Å². The van der Waals surface area contributed by atoms with Crippen LogP contribution in [0, 0.1) is 0 Å². The number of urea groups is 1. The molecule has 178 valence electrons. The number of benzene rings is 2. The maximum Gasteiger partial charge on any atom is 0.327 e. The molecule has 0 spiro atoms. The molecule has 2 aromatic carbocycles. The van der Waals surface area contributed by atoms with Crippen molar-refractivity contribution in [3.8, 4) is 11.3 Å². The molecule has 8 heteroatoms. The van der Waals surface area contributed by atoms with Crippen LogP contribution in [0.1, 0.15) is 19.3 Å². The van der Waals surface area contributed by atoms with Gasteiger partial charge in [0.1, 0.15) is 0 Å². The topological polar surface area (TPSA) is 78.3 Å². The number of nitrogens with one attached hydrogen (secondary N) is 2. The van der Waals surface area contributed by atoms with Gasteiger partial charge in [0.05, 0.1) is 23.1 Å².